The Morgan fingerprint density at radius 3 is 2.61 bits per heavy atom. The van der Waals surface area contributed by atoms with Gasteiger partial charge in [0.05, 0.1) is 0 Å². The topological polar surface area (TPSA) is 15.3 Å². The van der Waals surface area contributed by atoms with Gasteiger partial charge in [-0.1, -0.05) is 37.3 Å². The highest BCUT2D eigenvalue weighted by atomic mass is 15.1. The summed E-state index contributed by atoms with van der Waals surface area (Å²) in [5, 5.41) is 3.54. The van der Waals surface area contributed by atoms with E-state index in [1.54, 1.807) is 0 Å². The van der Waals surface area contributed by atoms with E-state index in [2.05, 4.69) is 61.4 Å². The largest absolute Gasteiger partial charge is 0.314 e. The molecule has 18 heavy (non-hydrogen) atoms. The molecule has 1 aromatic rings. The maximum atomic E-state index is 3.54. The highest BCUT2D eigenvalue weighted by molar-refractivity contribution is 5.14. The normalized spacial score (nSPS) is 12.9. The van der Waals surface area contributed by atoms with Gasteiger partial charge in [-0.15, -0.1) is 0 Å². The number of hydrogen-bond donors (Lipinski definition) is 1. The first-order valence-corrected chi connectivity index (χ1v) is 7.18. The Kier molecular flexibility index (Phi) is 7.70. The lowest BCUT2D eigenvalue weighted by atomic mass is 10.1. The third-order valence-corrected chi connectivity index (χ3v) is 3.22. The van der Waals surface area contributed by atoms with E-state index in [1.807, 2.05) is 0 Å². The van der Waals surface area contributed by atoms with E-state index in [-0.39, 0.29) is 0 Å². The predicted octanol–water partition coefficient (Wildman–Crippen LogP) is 3.29. The molecule has 0 fully saturated rings. The van der Waals surface area contributed by atoms with Gasteiger partial charge in [-0.05, 0) is 51.9 Å². The lowest BCUT2D eigenvalue weighted by Gasteiger charge is -2.18. The van der Waals surface area contributed by atoms with Crippen molar-refractivity contribution in [2.75, 3.05) is 20.1 Å². The molecule has 0 saturated carbocycles. The second kappa shape index (κ2) is 9.12. The predicted molar refractivity (Wildman–Crippen MR) is 79.8 cm³/mol. The molecule has 2 heteroatoms. The first-order chi connectivity index (χ1) is 8.72. The molecule has 0 bridgehead atoms. The number of hydrogen-bond acceptors (Lipinski definition) is 2. The van der Waals surface area contributed by atoms with Gasteiger partial charge in [0.1, 0.15) is 0 Å². The van der Waals surface area contributed by atoms with Gasteiger partial charge in [0.15, 0.2) is 0 Å². The number of benzene rings is 1. The van der Waals surface area contributed by atoms with Gasteiger partial charge in [0, 0.05) is 12.6 Å². The molecule has 0 heterocycles. The molecule has 0 aliphatic carbocycles. The van der Waals surface area contributed by atoms with E-state index in [4.69, 9.17) is 0 Å². The maximum Gasteiger partial charge on any atom is 0.0230 e. The summed E-state index contributed by atoms with van der Waals surface area (Å²) in [7, 11) is 2.21. The fraction of sp³-hybridized carbons (Fsp3) is 0.625. The van der Waals surface area contributed by atoms with Crippen LogP contribution in [0.15, 0.2) is 30.3 Å². The molecule has 0 aliphatic heterocycles. The lowest BCUT2D eigenvalue weighted by molar-refractivity contribution is 0.310. The molecular weight excluding hydrogens is 220 g/mol. The molecule has 102 valence electrons. The zero-order chi connectivity index (χ0) is 13.2. The van der Waals surface area contributed by atoms with Crippen molar-refractivity contribution in [3.8, 4) is 0 Å². The minimum Gasteiger partial charge on any atom is -0.314 e. The van der Waals surface area contributed by atoms with Crippen LogP contribution in [-0.4, -0.2) is 31.1 Å². The van der Waals surface area contributed by atoms with Gasteiger partial charge in [-0.2, -0.15) is 0 Å². The molecule has 0 spiro atoms. The van der Waals surface area contributed by atoms with E-state index in [0.29, 0.717) is 6.04 Å². The Labute approximate surface area is 112 Å². The summed E-state index contributed by atoms with van der Waals surface area (Å²) in [5.74, 6) is 0. The summed E-state index contributed by atoms with van der Waals surface area (Å²) in [6.45, 7) is 7.87. The highest BCUT2D eigenvalue weighted by Crippen LogP contribution is 2.04. The minimum absolute atomic E-state index is 0.648. The van der Waals surface area contributed by atoms with Crippen LogP contribution in [0.25, 0.3) is 0 Å². The van der Waals surface area contributed by atoms with E-state index >= 15 is 0 Å². The Hall–Kier alpha value is -0.860. The fourth-order valence-electron chi connectivity index (χ4n) is 2.13. The van der Waals surface area contributed by atoms with Crippen molar-refractivity contribution in [2.45, 2.75) is 45.7 Å². The quantitative estimate of drug-likeness (QED) is 0.721. The molecule has 1 N–H and O–H groups in total. The lowest BCUT2D eigenvalue weighted by Crippen LogP contribution is -2.28. The molecule has 0 aromatic heterocycles. The summed E-state index contributed by atoms with van der Waals surface area (Å²) in [6.07, 6.45) is 3.75. The third-order valence-electron chi connectivity index (χ3n) is 3.22. The van der Waals surface area contributed by atoms with E-state index in [9.17, 15) is 0 Å². The highest BCUT2D eigenvalue weighted by Gasteiger charge is 2.03. The molecule has 1 unspecified atom stereocenters. The summed E-state index contributed by atoms with van der Waals surface area (Å²) >= 11 is 0. The van der Waals surface area contributed by atoms with Crippen molar-refractivity contribution in [1.29, 1.82) is 0 Å². The molecule has 0 aliphatic rings. The molecule has 1 aromatic carbocycles. The maximum absolute atomic E-state index is 3.54. The number of nitrogens with one attached hydrogen (secondary N) is 1. The van der Waals surface area contributed by atoms with Crippen LogP contribution in [0.2, 0.25) is 0 Å². The molecular formula is C16H28N2. The fourth-order valence-corrected chi connectivity index (χ4v) is 2.13. The average Bonchev–Trinajstić information content (AvgIpc) is 2.37. The number of rotatable bonds is 9. The second-order valence-corrected chi connectivity index (χ2v) is 5.22. The number of nitrogens with zero attached hydrogens (tertiary/aromatic N) is 1. The Morgan fingerprint density at radius 2 is 1.94 bits per heavy atom. The molecule has 0 amide bonds. The molecule has 0 saturated heterocycles. The summed E-state index contributed by atoms with van der Waals surface area (Å²) in [4.78, 5) is 2.40. The van der Waals surface area contributed by atoms with Crippen LogP contribution >= 0.6 is 0 Å². The van der Waals surface area contributed by atoms with Crippen molar-refractivity contribution in [1.82, 2.24) is 10.2 Å². The van der Waals surface area contributed by atoms with Gasteiger partial charge >= 0.3 is 0 Å². The van der Waals surface area contributed by atoms with Gasteiger partial charge in [0.25, 0.3) is 0 Å². The van der Waals surface area contributed by atoms with Crippen molar-refractivity contribution >= 4 is 0 Å². The van der Waals surface area contributed by atoms with Gasteiger partial charge in [-0.25, -0.2) is 0 Å². The summed E-state index contributed by atoms with van der Waals surface area (Å²) < 4.78 is 0. The average molecular weight is 248 g/mol. The minimum atomic E-state index is 0.648. The molecule has 1 rings (SSSR count). The summed E-state index contributed by atoms with van der Waals surface area (Å²) in [5.41, 5.74) is 1.40. The molecule has 2 nitrogen and oxygen atoms in total. The van der Waals surface area contributed by atoms with E-state index in [0.717, 1.165) is 13.1 Å². The van der Waals surface area contributed by atoms with Gasteiger partial charge in [-0.3, -0.25) is 0 Å². The van der Waals surface area contributed by atoms with Crippen LogP contribution in [0.1, 0.15) is 38.7 Å². The standard InChI is InChI=1S/C16H28N2/c1-4-12-17-15(2)9-8-13-18(3)14-16-10-6-5-7-11-16/h5-7,10-11,15,17H,4,8-9,12-14H2,1-3H3. The van der Waals surface area contributed by atoms with E-state index in [1.165, 1.54) is 31.4 Å². The van der Waals surface area contributed by atoms with Crippen LogP contribution in [0, 0.1) is 0 Å². The summed E-state index contributed by atoms with van der Waals surface area (Å²) in [6, 6.07) is 11.3. The SMILES string of the molecule is CCCNC(C)CCCN(C)Cc1ccccc1. The van der Waals surface area contributed by atoms with Crippen molar-refractivity contribution in [2.24, 2.45) is 0 Å². The van der Waals surface area contributed by atoms with Gasteiger partial charge in [0.2, 0.25) is 0 Å². The van der Waals surface area contributed by atoms with E-state index < -0.39 is 0 Å². The molecule has 1 atom stereocenters. The van der Waals surface area contributed by atoms with Crippen molar-refractivity contribution in [3.05, 3.63) is 35.9 Å². The van der Waals surface area contributed by atoms with Gasteiger partial charge < -0.3 is 10.2 Å². The Morgan fingerprint density at radius 1 is 1.22 bits per heavy atom. The zero-order valence-corrected chi connectivity index (χ0v) is 12.2. The van der Waals surface area contributed by atoms with Crippen LogP contribution < -0.4 is 5.32 Å². The monoisotopic (exact) mass is 248 g/mol. The Bertz CT molecular complexity index is 297. The second-order valence-electron chi connectivity index (χ2n) is 5.22. The van der Waals surface area contributed by atoms with Crippen LogP contribution in [0.3, 0.4) is 0 Å². The first kappa shape index (κ1) is 15.2. The smallest absolute Gasteiger partial charge is 0.0230 e. The van der Waals surface area contributed by atoms with Crippen molar-refractivity contribution in [3.63, 3.8) is 0 Å². The Balaban J connectivity index is 2.12. The van der Waals surface area contributed by atoms with Crippen LogP contribution in [0.4, 0.5) is 0 Å². The third kappa shape index (κ3) is 6.77. The first-order valence-electron chi connectivity index (χ1n) is 7.18. The van der Waals surface area contributed by atoms with Crippen LogP contribution in [-0.2, 0) is 6.54 Å². The molecule has 0 radical (unpaired) electrons. The van der Waals surface area contributed by atoms with Crippen LogP contribution in [0.5, 0.6) is 0 Å². The zero-order valence-electron chi connectivity index (χ0n) is 12.2. The van der Waals surface area contributed by atoms with Crippen molar-refractivity contribution < 1.29 is 0 Å².